The fraction of sp³-hybridized carbons (Fsp3) is 0.188. The molecule has 1 amide bonds. The highest BCUT2D eigenvalue weighted by atomic mass is 16.1. The van der Waals surface area contributed by atoms with Gasteiger partial charge in [0.15, 0.2) is 0 Å². The highest BCUT2D eigenvalue weighted by Crippen LogP contribution is 2.21. The molecule has 0 bridgehead atoms. The van der Waals surface area contributed by atoms with Crippen molar-refractivity contribution in [2.75, 3.05) is 6.54 Å². The summed E-state index contributed by atoms with van der Waals surface area (Å²) in [6.07, 6.45) is 0. The number of amides is 1. The molecular weight excluding hydrogens is 236 g/mol. The van der Waals surface area contributed by atoms with Crippen LogP contribution >= 0.6 is 0 Å². The van der Waals surface area contributed by atoms with Crippen molar-refractivity contribution in [3.63, 3.8) is 0 Å². The van der Waals surface area contributed by atoms with E-state index in [4.69, 9.17) is 5.73 Å². The Balaban J connectivity index is 2.25. The van der Waals surface area contributed by atoms with E-state index in [2.05, 4.69) is 17.4 Å². The average molecular weight is 254 g/mol. The third-order valence-corrected chi connectivity index (χ3v) is 3.04. The van der Waals surface area contributed by atoms with Gasteiger partial charge in [0.1, 0.15) is 6.04 Å². The SMILES string of the molecule is CCNC(C(N)=O)c1ccc(-c2ccccc2)cc1. The van der Waals surface area contributed by atoms with Gasteiger partial charge in [-0.25, -0.2) is 0 Å². The molecule has 3 N–H and O–H groups in total. The molecule has 2 aromatic carbocycles. The molecule has 0 aliphatic heterocycles. The normalized spacial score (nSPS) is 12.1. The fourth-order valence-corrected chi connectivity index (χ4v) is 2.09. The maximum Gasteiger partial charge on any atom is 0.239 e. The van der Waals surface area contributed by atoms with Gasteiger partial charge in [-0.05, 0) is 23.2 Å². The molecule has 98 valence electrons. The molecule has 0 heterocycles. The lowest BCUT2D eigenvalue weighted by molar-refractivity contribution is -0.120. The first-order valence-electron chi connectivity index (χ1n) is 6.40. The number of hydrogen-bond donors (Lipinski definition) is 2. The second-order valence-corrected chi connectivity index (χ2v) is 4.38. The second-order valence-electron chi connectivity index (χ2n) is 4.38. The molecule has 0 aromatic heterocycles. The van der Waals surface area contributed by atoms with Crippen LogP contribution in [0.3, 0.4) is 0 Å². The smallest absolute Gasteiger partial charge is 0.239 e. The van der Waals surface area contributed by atoms with E-state index in [-0.39, 0.29) is 5.91 Å². The summed E-state index contributed by atoms with van der Waals surface area (Å²) in [4.78, 5) is 11.4. The highest BCUT2D eigenvalue weighted by molar-refractivity contribution is 5.81. The number of nitrogens with two attached hydrogens (primary N) is 1. The summed E-state index contributed by atoms with van der Waals surface area (Å²) in [6.45, 7) is 2.66. The third kappa shape index (κ3) is 3.20. The van der Waals surface area contributed by atoms with Crippen LogP contribution in [-0.2, 0) is 4.79 Å². The predicted molar refractivity (Wildman–Crippen MR) is 77.5 cm³/mol. The molecule has 0 spiro atoms. The lowest BCUT2D eigenvalue weighted by Crippen LogP contribution is -2.33. The van der Waals surface area contributed by atoms with E-state index in [1.54, 1.807) is 0 Å². The van der Waals surface area contributed by atoms with Gasteiger partial charge in [0.05, 0.1) is 0 Å². The van der Waals surface area contributed by atoms with E-state index in [9.17, 15) is 4.79 Å². The summed E-state index contributed by atoms with van der Waals surface area (Å²) in [5, 5.41) is 3.08. The number of benzene rings is 2. The molecule has 0 aliphatic rings. The van der Waals surface area contributed by atoms with Crippen LogP contribution < -0.4 is 11.1 Å². The van der Waals surface area contributed by atoms with Crippen molar-refractivity contribution in [2.45, 2.75) is 13.0 Å². The van der Waals surface area contributed by atoms with E-state index in [0.717, 1.165) is 16.7 Å². The van der Waals surface area contributed by atoms with Crippen LogP contribution in [0.1, 0.15) is 18.5 Å². The number of primary amides is 1. The molecule has 0 fully saturated rings. The Bertz CT molecular complexity index is 534. The van der Waals surface area contributed by atoms with Crippen LogP contribution in [0.2, 0.25) is 0 Å². The van der Waals surface area contributed by atoms with E-state index in [0.29, 0.717) is 6.54 Å². The Morgan fingerprint density at radius 3 is 2.16 bits per heavy atom. The number of rotatable bonds is 5. The minimum atomic E-state index is -0.421. The molecule has 1 atom stereocenters. The number of nitrogens with one attached hydrogen (secondary N) is 1. The number of carbonyl (C=O) groups excluding carboxylic acids is 1. The van der Waals surface area contributed by atoms with Crippen molar-refractivity contribution < 1.29 is 4.79 Å². The van der Waals surface area contributed by atoms with Crippen molar-refractivity contribution in [1.29, 1.82) is 0 Å². The van der Waals surface area contributed by atoms with Crippen LogP contribution in [0.15, 0.2) is 54.6 Å². The monoisotopic (exact) mass is 254 g/mol. The lowest BCUT2D eigenvalue weighted by atomic mass is 10.0. The summed E-state index contributed by atoms with van der Waals surface area (Å²) in [7, 11) is 0. The molecule has 3 nitrogen and oxygen atoms in total. The number of likely N-dealkylation sites (N-methyl/N-ethyl adjacent to an activating group) is 1. The van der Waals surface area contributed by atoms with Crippen LogP contribution in [-0.4, -0.2) is 12.5 Å². The molecule has 3 heteroatoms. The van der Waals surface area contributed by atoms with Gasteiger partial charge in [-0.1, -0.05) is 61.5 Å². The van der Waals surface area contributed by atoms with Crippen LogP contribution in [0.5, 0.6) is 0 Å². The third-order valence-electron chi connectivity index (χ3n) is 3.04. The van der Waals surface area contributed by atoms with Gasteiger partial charge in [-0.15, -0.1) is 0 Å². The van der Waals surface area contributed by atoms with Gasteiger partial charge in [0, 0.05) is 0 Å². The van der Waals surface area contributed by atoms with E-state index in [1.165, 1.54) is 0 Å². The molecule has 0 saturated heterocycles. The summed E-state index contributed by atoms with van der Waals surface area (Å²) in [5.41, 5.74) is 8.59. The average Bonchev–Trinajstić information content (AvgIpc) is 2.46. The Hall–Kier alpha value is -2.13. The van der Waals surface area contributed by atoms with E-state index >= 15 is 0 Å². The molecule has 0 aliphatic carbocycles. The van der Waals surface area contributed by atoms with Gasteiger partial charge < -0.3 is 11.1 Å². The van der Waals surface area contributed by atoms with Crippen LogP contribution in [0, 0.1) is 0 Å². The van der Waals surface area contributed by atoms with Crippen molar-refractivity contribution >= 4 is 5.91 Å². The lowest BCUT2D eigenvalue weighted by Gasteiger charge is -2.15. The fourth-order valence-electron chi connectivity index (χ4n) is 2.09. The van der Waals surface area contributed by atoms with Gasteiger partial charge in [-0.2, -0.15) is 0 Å². The van der Waals surface area contributed by atoms with Crippen molar-refractivity contribution in [2.24, 2.45) is 5.73 Å². The first-order chi connectivity index (χ1) is 9.22. The number of carbonyl (C=O) groups is 1. The standard InChI is InChI=1S/C16H18N2O/c1-2-18-15(16(17)19)14-10-8-13(9-11-14)12-6-4-3-5-7-12/h3-11,15,18H,2H2,1H3,(H2,17,19). The van der Waals surface area contributed by atoms with Gasteiger partial charge in [0.25, 0.3) is 0 Å². The van der Waals surface area contributed by atoms with Crippen LogP contribution in [0.25, 0.3) is 11.1 Å². The number of hydrogen-bond acceptors (Lipinski definition) is 2. The van der Waals surface area contributed by atoms with Crippen molar-refractivity contribution in [3.8, 4) is 11.1 Å². The van der Waals surface area contributed by atoms with Gasteiger partial charge in [-0.3, -0.25) is 4.79 Å². The minimum Gasteiger partial charge on any atom is -0.368 e. The minimum absolute atomic E-state index is 0.352. The highest BCUT2D eigenvalue weighted by Gasteiger charge is 2.15. The predicted octanol–water partition coefficient (Wildman–Crippen LogP) is 2.49. The molecule has 1 unspecified atom stereocenters. The topological polar surface area (TPSA) is 55.1 Å². The molecular formula is C16H18N2O. The Morgan fingerprint density at radius 1 is 1.05 bits per heavy atom. The summed E-state index contributed by atoms with van der Waals surface area (Å²) in [5.74, 6) is -0.352. The first-order valence-corrected chi connectivity index (χ1v) is 6.40. The molecule has 2 rings (SSSR count). The second kappa shape index (κ2) is 6.16. The molecule has 19 heavy (non-hydrogen) atoms. The largest absolute Gasteiger partial charge is 0.368 e. The zero-order valence-corrected chi connectivity index (χ0v) is 11.0. The Labute approximate surface area is 113 Å². The van der Waals surface area contributed by atoms with Gasteiger partial charge >= 0.3 is 0 Å². The molecule has 0 saturated carbocycles. The van der Waals surface area contributed by atoms with Gasteiger partial charge in [0.2, 0.25) is 5.91 Å². The Morgan fingerprint density at radius 2 is 1.63 bits per heavy atom. The van der Waals surface area contributed by atoms with E-state index in [1.807, 2.05) is 49.4 Å². The van der Waals surface area contributed by atoms with Crippen LogP contribution in [0.4, 0.5) is 0 Å². The maximum atomic E-state index is 11.4. The summed E-state index contributed by atoms with van der Waals surface area (Å²) >= 11 is 0. The summed E-state index contributed by atoms with van der Waals surface area (Å²) in [6, 6.07) is 17.6. The zero-order valence-electron chi connectivity index (χ0n) is 11.0. The molecule has 2 aromatic rings. The van der Waals surface area contributed by atoms with Crippen molar-refractivity contribution in [3.05, 3.63) is 60.2 Å². The van der Waals surface area contributed by atoms with E-state index < -0.39 is 6.04 Å². The quantitative estimate of drug-likeness (QED) is 0.861. The van der Waals surface area contributed by atoms with Crippen molar-refractivity contribution in [1.82, 2.24) is 5.32 Å². The summed E-state index contributed by atoms with van der Waals surface area (Å²) < 4.78 is 0. The Kier molecular flexibility index (Phi) is 4.31. The first kappa shape index (κ1) is 13.3. The maximum absolute atomic E-state index is 11.4. The molecule has 0 radical (unpaired) electrons. The zero-order chi connectivity index (χ0) is 13.7.